The van der Waals surface area contributed by atoms with Crippen LogP contribution in [0.25, 0.3) is 0 Å². The molecule has 2 amide bonds. The molecule has 440 valence electrons. The molecule has 4 heterocycles. The minimum Gasteiger partial charge on any atom is -0.342 e. The van der Waals surface area contributed by atoms with Crippen molar-refractivity contribution in [2.45, 2.75) is 175 Å². The fourth-order valence-corrected chi connectivity index (χ4v) is 13.0. The van der Waals surface area contributed by atoms with E-state index in [1.165, 1.54) is 68.8 Å². The highest BCUT2D eigenvalue weighted by molar-refractivity contribution is 5.81. The molecule has 4 aromatic rings. The summed E-state index contributed by atoms with van der Waals surface area (Å²) < 4.78 is 57.2. The van der Waals surface area contributed by atoms with E-state index in [-0.39, 0.29) is 64.7 Å². The van der Waals surface area contributed by atoms with Gasteiger partial charge in [-0.2, -0.15) is 0 Å². The Balaban J connectivity index is 0.000000231. The number of nitrogens with one attached hydrogen (secondary N) is 2. The molecule has 0 unspecified atom stereocenters. The summed E-state index contributed by atoms with van der Waals surface area (Å²) in [5, 5.41) is 7.21. The molecular weight excluding hydrogens is 1010 g/mol. The van der Waals surface area contributed by atoms with Gasteiger partial charge in [0.05, 0.1) is 11.8 Å². The predicted octanol–water partition coefficient (Wildman–Crippen LogP) is 11.6. The summed E-state index contributed by atoms with van der Waals surface area (Å²) in [5.74, 6) is -2.67. The van der Waals surface area contributed by atoms with Gasteiger partial charge in [-0.3, -0.25) is 19.4 Å². The molecule has 10 nitrogen and oxygen atoms in total. The zero-order valence-corrected chi connectivity index (χ0v) is 50.6. The largest absolute Gasteiger partial charge is 0.342 e. The Morgan fingerprint density at radius 1 is 0.588 bits per heavy atom. The molecule has 14 heteroatoms. The summed E-state index contributed by atoms with van der Waals surface area (Å²) in [7, 11) is 0. The lowest BCUT2D eigenvalue weighted by atomic mass is 9.81. The summed E-state index contributed by atoms with van der Waals surface area (Å²) in [5.41, 5.74) is 23.0. The van der Waals surface area contributed by atoms with Crippen molar-refractivity contribution in [3.8, 4) is 0 Å². The highest BCUT2D eigenvalue weighted by Gasteiger charge is 2.47. The Morgan fingerprint density at radius 3 is 1.36 bits per heavy atom. The minimum absolute atomic E-state index is 0.0868. The number of halogens is 4. The van der Waals surface area contributed by atoms with Gasteiger partial charge in [0, 0.05) is 125 Å². The van der Waals surface area contributed by atoms with Gasteiger partial charge in [-0.1, -0.05) is 43.3 Å². The van der Waals surface area contributed by atoms with E-state index in [2.05, 4.69) is 128 Å². The Bertz CT molecular complexity index is 2760. The van der Waals surface area contributed by atoms with Gasteiger partial charge in [0.2, 0.25) is 11.8 Å². The van der Waals surface area contributed by atoms with Crippen LogP contribution in [0.1, 0.15) is 186 Å². The van der Waals surface area contributed by atoms with Gasteiger partial charge >= 0.3 is 0 Å². The quantitative estimate of drug-likeness (QED) is 0.0868. The molecule has 0 aliphatic carbocycles. The second kappa shape index (κ2) is 26.7. The third-order valence-corrected chi connectivity index (χ3v) is 18.3. The van der Waals surface area contributed by atoms with Crippen LogP contribution in [0.15, 0.2) is 60.7 Å². The molecule has 8 rings (SSSR count). The summed E-state index contributed by atoms with van der Waals surface area (Å²) in [6, 6.07) is 17.4. The number of amides is 2. The van der Waals surface area contributed by atoms with Crippen LogP contribution in [0.3, 0.4) is 0 Å². The predicted molar refractivity (Wildman–Crippen MR) is 317 cm³/mol. The molecule has 80 heavy (non-hydrogen) atoms. The molecule has 0 saturated carbocycles. The average Bonchev–Trinajstić information content (AvgIpc) is 4.19. The lowest BCUT2D eigenvalue weighted by molar-refractivity contribution is -0.137. The van der Waals surface area contributed by atoms with Gasteiger partial charge in [-0.25, -0.2) is 17.6 Å². The molecule has 4 fully saturated rings. The number of carbonyl (C=O) groups excluding carboxylic acids is 2. The van der Waals surface area contributed by atoms with Gasteiger partial charge in [-0.15, -0.1) is 0 Å². The number of benzene rings is 4. The second-order valence-electron chi connectivity index (χ2n) is 26.0. The van der Waals surface area contributed by atoms with E-state index in [4.69, 9.17) is 11.5 Å². The smallest absolute Gasteiger partial charge is 0.227 e. The number of rotatable bonds is 15. The SMILES string of the molecule is CC[C@H](NCCN)c1cc(C)c(C)cc1C1CCN(C(=O)[C@@H]2CN(C(C)(C)C)C[C@H]2c2ccc(F)cc2F)CC1.Cc1cc(C2CCN(C(=O)[C@@H]3CN(C(C)(C)C)C[C@H]3c3ccc(F)cc3F)CC2)c([C@@H](C)NC[C@H](C)N)cc1C. The average molecular weight is 1110 g/mol. The van der Waals surface area contributed by atoms with E-state index in [1.807, 2.05) is 16.7 Å². The van der Waals surface area contributed by atoms with Crippen LogP contribution >= 0.6 is 0 Å². The molecule has 0 radical (unpaired) electrons. The third kappa shape index (κ3) is 14.9. The first kappa shape index (κ1) is 62.9. The van der Waals surface area contributed by atoms with Gasteiger partial charge in [0.15, 0.2) is 0 Å². The van der Waals surface area contributed by atoms with Gasteiger partial charge < -0.3 is 31.9 Å². The lowest BCUT2D eigenvalue weighted by Gasteiger charge is -2.36. The van der Waals surface area contributed by atoms with Crippen LogP contribution in [0.4, 0.5) is 17.6 Å². The van der Waals surface area contributed by atoms with Crippen molar-refractivity contribution in [2.75, 3.05) is 72.0 Å². The molecule has 7 atom stereocenters. The maximum absolute atomic E-state index is 14.9. The van der Waals surface area contributed by atoms with E-state index < -0.39 is 23.3 Å². The summed E-state index contributed by atoms with van der Waals surface area (Å²) >= 11 is 0. The summed E-state index contributed by atoms with van der Waals surface area (Å²) in [4.78, 5) is 36.5. The van der Waals surface area contributed by atoms with Crippen LogP contribution in [-0.2, 0) is 9.59 Å². The van der Waals surface area contributed by atoms with Crippen LogP contribution < -0.4 is 22.1 Å². The zero-order chi connectivity index (χ0) is 58.5. The van der Waals surface area contributed by atoms with E-state index in [1.54, 1.807) is 0 Å². The Labute approximate surface area is 477 Å². The van der Waals surface area contributed by atoms with Crippen molar-refractivity contribution in [1.29, 1.82) is 0 Å². The first-order valence-electron chi connectivity index (χ1n) is 29.8. The monoisotopic (exact) mass is 1110 g/mol. The number of piperidine rings is 2. The molecule has 0 bridgehead atoms. The molecule has 4 aromatic carbocycles. The van der Waals surface area contributed by atoms with Crippen molar-refractivity contribution in [1.82, 2.24) is 30.2 Å². The number of carbonyl (C=O) groups is 2. The Morgan fingerprint density at radius 2 is 0.988 bits per heavy atom. The van der Waals surface area contributed by atoms with Crippen LogP contribution in [-0.4, -0.2) is 121 Å². The number of hydrogen-bond acceptors (Lipinski definition) is 8. The molecule has 0 aromatic heterocycles. The standard InChI is InChI=1S/2C33H48F2N4O/c1-20-14-27(23(4)37-17-22(3)36)28(15-21(20)2)24-10-12-38(13-11-24)32(40)30-19-39(33(5,6)7)18-29(30)26-9-8-25(34)16-31(26)35;1-7-31(37-13-12-36)27-17-22(3)21(2)16-26(27)23-10-14-38(15-11-23)32(40)29-20-39(33(4,5)6)19-28(29)25-9-8-24(34)18-30(25)35/h8-9,14-16,22-24,29-30,37H,10-13,17-19,36H2,1-7H3;8-9,16-18,23,28-29,31,37H,7,10-15,19-20,36H2,1-6H3/t22-,23+,29-,30+;28-,29+,31-/m00/s1. The van der Waals surface area contributed by atoms with Gasteiger partial charge in [0.25, 0.3) is 0 Å². The van der Waals surface area contributed by atoms with Gasteiger partial charge in [-0.05, 0) is 195 Å². The first-order valence-corrected chi connectivity index (χ1v) is 29.8. The number of nitrogens with two attached hydrogens (primary N) is 2. The summed E-state index contributed by atoms with van der Waals surface area (Å²) in [6.07, 6.45) is 4.58. The van der Waals surface area contributed by atoms with E-state index in [0.29, 0.717) is 81.9 Å². The number of aryl methyl sites for hydroxylation is 4. The van der Waals surface area contributed by atoms with Crippen molar-refractivity contribution in [2.24, 2.45) is 23.3 Å². The fourth-order valence-electron chi connectivity index (χ4n) is 13.0. The lowest BCUT2D eigenvalue weighted by Crippen LogP contribution is -2.44. The Kier molecular flexibility index (Phi) is 21.0. The number of hydrogen-bond donors (Lipinski definition) is 4. The third-order valence-electron chi connectivity index (χ3n) is 18.3. The molecule has 4 aliphatic rings. The normalized spacial score (nSPS) is 22.1. The number of likely N-dealkylation sites (tertiary alicyclic amines) is 4. The van der Waals surface area contributed by atoms with Crippen molar-refractivity contribution in [3.05, 3.63) is 140 Å². The topological polar surface area (TPSA) is 123 Å². The van der Waals surface area contributed by atoms with E-state index in [9.17, 15) is 27.2 Å². The summed E-state index contributed by atoms with van der Waals surface area (Å²) in [6.45, 7) is 35.0. The molecular formula is C66H96F4N8O2. The van der Waals surface area contributed by atoms with Gasteiger partial charge in [0.1, 0.15) is 23.3 Å². The Hall–Kier alpha value is -4.70. The maximum Gasteiger partial charge on any atom is 0.227 e. The molecule has 4 aliphatic heterocycles. The van der Waals surface area contributed by atoms with Crippen molar-refractivity contribution in [3.63, 3.8) is 0 Å². The van der Waals surface area contributed by atoms with E-state index >= 15 is 0 Å². The van der Waals surface area contributed by atoms with E-state index in [0.717, 1.165) is 57.3 Å². The minimum atomic E-state index is -0.593. The fraction of sp³-hybridized carbons (Fsp3) is 0.606. The zero-order valence-electron chi connectivity index (χ0n) is 50.6. The van der Waals surface area contributed by atoms with Crippen molar-refractivity contribution < 1.29 is 27.2 Å². The second-order valence-corrected chi connectivity index (χ2v) is 26.0. The number of nitrogens with zero attached hydrogens (tertiary/aromatic N) is 4. The van der Waals surface area contributed by atoms with Crippen LogP contribution in [0.2, 0.25) is 0 Å². The first-order chi connectivity index (χ1) is 37.7. The van der Waals surface area contributed by atoms with Crippen LogP contribution in [0, 0.1) is 62.8 Å². The van der Waals surface area contributed by atoms with Crippen molar-refractivity contribution >= 4 is 11.8 Å². The molecule has 6 N–H and O–H groups in total. The molecule has 4 saturated heterocycles. The molecule has 0 spiro atoms. The van der Waals surface area contributed by atoms with Crippen LogP contribution in [0.5, 0.6) is 0 Å². The highest BCUT2D eigenvalue weighted by atomic mass is 19.1. The maximum atomic E-state index is 14.9. The highest BCUT2D eigenvalue weighted by Crippen LogP contribution is 2.43.